The average molecular weight is 292 g/mol. The SMILES string of the molecule is CCCCN(Cc1cc(C(N)=S)ccc1OC)C1CC1. The molecule has 2 rings (SSSR count). The Morgan fingerprint density at radius 2 is 2.20 bits per heavy atom. The van der Waals surface area contributed by atoms with E-state index < -0.39 is 0 Å². The second-order valence-corrected chi connectivity index (χ2v) is 5.89. The second kappa shape index (κ2) is 7.04. The molecule has 110 valence electrons. The van der Waals surface area contributed by atoms with Crippen LogP contribution in [0.5, 0.6) is 5.75 Å². The molecule has 1 saturated carbocycles. The van der Waals surface area contributed by atoms with Crippen LogP contribution in [0.2, 0.25) is 0 Å². The molecular formula is C16H24N2OS. The lowest BCUT2D eigenvalue weighted by molar-refractivity contribution is 0.246. The van der Waals surface area contributed by atoms with Gasteiger partial charge in [-0.2, -0.15) is 0 Å². The van der Waals surface area contributed by atoms with Crippen LogP contribution in [-0.4, -0.2) is 29.6 Å². The first-order valence-corrected chi connectivity index (χ1v) is 7.77. The molecule has 0 aliphatic heterocycles. The van der Waals surface area contributed by atoms with Gasteiger partial charge in [0.2, 0.25) is 0 Å². The maximum absolute atomic E-state index is 5.73. The number of rotatable bonds is 8. The van der Waals surface area contributed by atoms with Gasteiger partial charge >= 0.3 is 0 Å². The number of thiocarbonyl (C=S) groups is 1. The Kier molecular flexibility index (Phi) is 5.38. The normalized spacial score (nSPS) is 14.6. The van der Waals surface area contributed by atoms with Crippen molar-refractivity contribution in [3.8, 4) is 5.75 Å². The third-order valence-corrected chi connectivity index (χ3v) is 4.04. The lowest BCUT2D eigenvalue weighted by Gasteiger charge is -2.23. The van der Waals surface area contributed by atoms with E-state index in [-0.39, 0.29) is 0 Å². The lowest BCUT2D eigenvalue weighted by Crippen LogP contribution is -2.27. The highest BCUT2D eigenvalue weighted by molar-refractivity contribution is 7.80. The quantitative estimate of drug-likeness (QED) is 0.747. The molecule has 0 spiro atoms. The summed E-state index contributed by atoms with van der Waals surface area (Å²) in [5, 5.41) is 0. The Labute approximate surface area is 127 Å². The standard InChI is InChI=1S/C16H24N2OS/c1-3-4-9-18(14-6-7-14)11-13-10-12(16(17)20)5-8-15(13)19-2/h5,8,10,14H,3-4,6-7,9,11H2,1-2H3,(H2,17,20). The fourth-order valence-corrected chi connectivity index (χ4v) is 2.59. The summed E-state index contributed by atoms with van der Waals surface area (Å²) < 4.78 is 5.47. The van der Waals surface area contributed by atoms with Crippen molar-refractivity contribution in [2.75, 3.05) is 13.7 Å². The zero-order valence-corrected chi connectivity index (χ0v) is 13.2. The number of hydrogen-bond donors (Lipinski definition) is 1. The largest absolute Gasteiger partial charge is 0.496 e. The monoisotopic (exact) mass is 292 g/mol. The van der Waals surface area contributed by atoms with Crippen LogP contribution in [0.1, 0.15) is 43.7 Å². The summed E-state index contributed by atoms with van der Waals surface area (Å²) in [7, 11) is 1.72. The molecule has 2 N–H and O–H groups in total. The number of methoxy groups -OCH3 is 1. The predicted molar refractivity (Wildman–Crippen MR) is 87.2 cm³/mol. The topological polar surface area (TPSA) is 38.5 Å². The van der Waals surface area contributed by atoms with Crippen LogP contribution in [0.15, 0.2) is 18.2 Å². The van der Waals surface area contributed by atoms with Gasteiger partial charge in [0.1, 0.15) is 10.7 Å². The minimum atomic E-state index is 0.445. The number of benzene rings is 1. The minimum Gasteiger partial charge on any atom is -0.496 e. The third kappa shape index (κ3) is 3.93. The average Bonchev–Trinajstić information content (AvgIpc) is 3.27. The summed E-state index contributed by atoms with van der Waals surface area (Å²) in [6, 6.07) is 6.72. The number of nitrogens with two attached hydrogens (primary N) is 1. The molecule has 1 aliphatic rings. The zero-order valence-electron chi connectivity index (χ0n) is 12.4. The molecule has 0 radical (unpaired) electrons. The third-order valence-electron chi connectivity index (χ3n) is 3.80. The van der Waals surface area contributed by atoms with Gasteiger partial charge in [-0.3, -0.25) is 4.90 Å². The van der Waals surface area contributed by atoms with Gasteiger partial charge < -0.3 is 10.5 Å². The molecule has 0 saturated heterocycles. The molecule has 20 heavy (non-hydrogen) atoms. The Balaban J connectivity index is 2.16. The van der Waals surface area contributed by atoms with E-state index in [1.54, 1.807) is 7.11 Å². The summed E-state index contributed by atoms with van der Waals surface area (Å²) in [5.74, 6) is 0.923. The smallest absolute Gasteiger partial charge is 0.123 e. The summed E-state index contributed by atoms with van der Waals surface area (Å²) in [6.45, 7) is 4.31. The van der Waals surface area contributed by atoms with Crippen LogP contribution >= 0.6 is 12.2 Å². The van der Waals surface area contributed by atoms with Crippen molar-refractivity contribution in [3.63, 3.8) is 0 Å². The number of unbranched alkanes of at least 4 members (excludes halogenated alkanes) is 1. The number of hydrogen-bond acceptors (Lipinski definition) is 3. The van der Waals surface area contributed by atoms with Crippen LogP contribution < -0.4 is 10.5 Å². The maximum atomic E-state index is 5.73. The lowest BCUT2D eigenvalue weighted by atomic mass is 10.1. The van der Waals surface area contributed by atoms with Crippen LogP contribution in [-0.2, 0) is 6.54 Å². The fourth-order valence-electron chi connectivity index (χ4n) is 2.47. The summed E-state index contributed by atoms with van der Waals surface area (Å²) in [6.07, 6.45) is 5.11. The molecule has 1 aromatic carbocycles. The molecule has 0 bridgehead atoms. The van der Waals surface area contributed by atoms with Gasteiger partial charge in [-0.15, -0.1) is 0 Å². The van der Waals surface area contributed by atoms with Crippen molar-refractivity contribution in [2.24, 2.45) is 5.73 Å². The molecule has 0 amide bonds. The van der Waals surface area contributed by atoms with Gasteiger partial charge in [0.05, 0.1) is 7.11 Å². The van der Waals surface area contributed by atoms with Crippen LogP contribution in [0.3, 0.4) is 0 Å². The van der Waals surface area contributed by atoms with Gasteiger partial charge in [-0.25, -0.2) is 0 Å². The van der Waals surface area contributed by atoms with E-state index in [2.05, 4.69) is 17.9 Å². The maximum Gasteiger partial charge on any atom is 0.123 e. The van der Waals surface area contributed by atoms with E-state index >= 15 is 0 Å². The van der Waals surface area contributed by atoms with Crippen molar-refractivity contribution in [1.82, 2.24) is 4.90 Å². The first kappa shape index (κ1) is 15.3. The minimum absolute atomic E-state index is 0.445. The second-order valence-electron chi connectivity index (χ2n) is 5.45. The van der Waals surface area contributed by atoms with E-state index in [0.29, 0.717) is 4.99 Å². The summed E-state index contributed by atoms with van der Waals surface area (Å²) in [5.41, 5.74) is 7.83. The Hall–Kier alpha value is -1.13. The van der Waals surface area contributed by atoms with Crippen LogP contribution in [0, 0.1) is 0 Å². The summed E-state index contributed by atoms with van der Waals surface area (Å²) >= 11 is 5.07. The van der Waals surface area contributed by atoms with Gasteiger partial charge in [0.25, 0.3) is 0 Å². The van der Waals surface area contributed by atoms with Crippen molar-refractivity contribution in [2.45, 2.75) is 45.2 Å². The molecular weight excluding hydrogens is 268 g/mol. The number of nitrogens with zero attached hydrogens (tertiary/aromatic N) is 1. The van der Waals surface area contributed by atoms with E-state index in [9.17, 15) is 0 Å². The van der Waals surface area contributed by atoms with Crippen molar-refractivity contribution in [3.05, 3.63) is 29.3 Å². The van der Waals surface area contributed by atoms with Crippen LogP contribution in [0.4, 0.5) is 0 Å². The molecule has 0 atom stereocenters. The van der Waals surface area contributed by atoms with E-state index in [4.69, 9.17) is 22.7 Å². The van der Waals surface area contributed by atoms with E-state index in [1.807, 2.05) is 12.1 Å². The van der Waals surface area contributed by atoms with E-state index in [0.717, 1.165) is 30.4 Å². The molecule has 0 aromatic heterocycles. The Morgan fingerprint density at radius 3 is 2.75 bits per heavy atom. The van der Waals surface area contributed by atoms with Crippen molar-refractivity contribution >= 4 is 17.2 Å². The highest BCUT2D eigenvalue weighted by Crippen LogP contribution is 2.31. The van der Waals surface area contributed by atoms with Gasteiger partial charge in [-0.05, 0) is 44.0 Å². The molecule has 0 unspecified atom stereocenters. The van der Waals surface area contributed by atoms with Gasteiger partial charge in [0, 0.05) is 23.7 Å². The van der Waals surface area contributed by atoms with Gasteiger partial charge in [0.15, 0.2) is 0 Å². The molecule has 4 heteroatoms. The molecule has 1 aromatic rings. The van der Waals surface area contributed by atoms with Crippen molar-refractivity contribution in [1.29, 1.82) is 0 Å². The molecule has 1 fully saturated rings. The zero-order chi connectivity index (χ0) is 14.5. The predicted octanol–water partition coefficient (Wildman–Crippen LogP) is 3.09. The molecule has 3 nitrogen and oxygen atoms in total. The highest BCUT2D eigenvalue weighted by Gasteiger charge is 2.29. The van der Waals surface area contributed by atoms with E-state index in [1.165, 1.54) is 31.2 Å². The molecule has 0 heterocycles. The molecule has 1 aliphatic carbocycles. The number of ether oxygens (including phenoxy) is 1. The Bertz CT molecular complexity index is 472. The summed E-state index contributed by atoms with van der Waals surface area (Å²) in [4.78, 5) is 3.01. The highest BCUT2D eigenvalue weighted by atomic mass is 32.1. The first-order chi connectivity index (χ1) is 9.65. The Morgan fingerprint density at radius 1 is 1.45 bits per heavy atom. The van der Waals surface area contributed by atoms with Crippen molar-refractivity contribution < 1.29 is 4.74 Å². The first-order valence-electron chi connectivity index (χ1n) is 7.36. The fraction of sp³-hybridized carbons (Fsp3) is 0.562. The van der Waals surface area contributed by atoms with Crippen LogP contribution in [0.25, 0.3) is 0 Å². The van der Waals surface area contributed by atoms with Gasteiger partial charge in [-0.1, -0.05) is 25.6 Å².